The fraction of sp³-hybridized carbons (Fsp3) is 0.583. The fourth-order valence-electron chi connectivity index (χ4n) is 2.50. The molecule has 7 heteroatoms. The molecule has 0 unspecified atom stereocenters. The summed E-state index contributed by atoms with van der Waals surface area (Å²) < 4.78 is 1.68. The summed E-state index contributed by atoms with van der Waals surface area (Å²) in [6, 6.07) is 0.155. The number of aryl methyl sites for hydroxylation is 1. The van der Waals surface area contributed by atoms with Gasteiger partial charge in [0.05, 0.1) is 19.1 Å². The first kappa shape index (κ1) is 13.4. The molecule has 0 radical (unpaired) electrons. The largest absolute Gasteiger partial charge is 0.409 e. The Morgan fingerprint density at radius 2 is 2.32 bits per heavy atom. The molecular formula is C12H19N5O2. The van der Waals surface area contributed by atoms with E-state index in [1.165, 1.54) is 6.20 Å². The first-order valence-electron chi connectivity index (χ1n) is 6.37. The third kappa shape index (κ3) is 2.86. The molecule has 1 amide bonds. The Morgan fingerprint density at radius 1 is 1.63 bits per heavy atom. The van der Waals surface area contributed by atoms with E-state index in [0.717, 1.165) is 25.7 Å². The van der Waals surface area contributed by atoms with Crippen molar-refractivity contribution in [3.63, 3.8) is 0 Å². The molecule has 1 heterocycles. The monoisotopic (exact) mass is 265 g/mol. The van der Waals surface area contributed by atoms with Crippen LogP contribution in [-0.2, 0) is 7.05 Å². The first-order chi connectivity index (χ1) is 9.13. The molecule has 3 N–H and O–H groups in total. The minimum Gasteiger partial charge on any atom is -0.409 e. The lowest BCUT2D eigenvalue weighted by Gasteiger charge is -2.28. The van der Waals surface area contributed by atoms with Crippen molar-refractivity contribution in [2.45, 2.75) is 31.7 Å². The molecule has 0 saturated heterocycles. The molecule has 0 atom stereocenters. The van der Waals surface area contributed by atoms with Crippen LogP contribution in [0, 0.1) is 0 Å². The number of imidazole rings is 1. The van der Waals surface area contributed by atoms with Crippen molar-refractivity contribution in [1.29, 1.82) is 0 Å². The number of nitrogens with two attached hydrogens (primary N) is 1. The number of rotatable bonds is 4. The number of nitrogens with zero attached hydrogens (tertiary/aromatic N) is 4. The number of hydrogen-bond donors (Lipinski definition) is 2. The summed E-state index contributed by atoms with van der Waals surface area (Å²) in [7, 11) is 1.77. The molecule has 104 valence electrons. The second kappa shape index (κ2) is 5.73. The second-order valence-corrected chi connectivity index (χ2v) is 4.85. The van der Waals surface area contributed by atoms with Gasteiger partial charge in [0.25, 0.3) is 5.91 Å². The van der Waals surface area contributed by atoms with E-state index in [1.54, 1.807) is 22.8 Å². The van der Waals surface area contributed by atoms with E-state index in [9.17, 15) is 4.79 Å². The first-order valence-corrected chi connectivity index (χ1v) is 6.37. The quantitative estimate of drug-likeness (QED) is 0.359. The molecule has 0 bridgehead atoms. The van der Waals surface area contributed by atoms with Crippen LogP contribution in [0.3, 0.4) is 0 Å². The molecule has 1 fully saturated rings. The average molecular weight is 265 g/mol. The highest BCUT2D eigenvalue weighted by atomic mass is 16.4. The molecule has 0 spiro atoms. The van der Waals surface area contributed by atoms with Gasteiger partial charge in [0.1, 0.15) is 5.69 Å². The van der Waals surface area contributed by atoms with Crippen molar-refractivity contribution in [3.05, 3.63) is 18.2 Å². The Kier molecular flexibility index (Phi) is 4.03. The third-order valence-electron chi connectivity index (χ3n) is 3.52. The lowest BCUT2D eigenvalue weighted by Crippen LogP contribution is -2.44. The lowest BCUT2D eigenvalue weighted by molar-refractivity contribution is 0.0702. The standard InChI is InChI=1S/C12H19N5O2/c1-16-8-14-6-10(16)12(18)17(7-11(13)15-19)9-4-2-3-5-9/h6,8-9,19H,2-5,7H2,1H3,(H2,13,15). The highest BCUT2D eigenvalue weighted by Crippen LogP contribution is 2.24. The zero-order valence-electron chi connectivity index (χ0n) is 11.0. The Labute approximate surface area is 111 Å². The van der Waals surface area contributed by atoms with Crippen LogP contribution in [0.15, 0.2) is 17.7 Å². The Morgan fingerprint density at radius 3 is 2.84 bits per heavy atom. The van der Waals surface area contributed by atoms with Crippen LogP contribution in [0.5, 0.6) is 0 Å². The predicted molar refractivity (Wildman–Crippen MR) is 69.9 cm³/mol. The maximum Gasteiger partial charge on any atom is 0.272 e. The zero-order chi connectivity index (χ0) is 13.8. The zero-order valence-corrected chi connectivity index (χ0v) is 11.0. The van der Waals surface area contributed by atoms with E-state index in [-0.39, 0.29) is 24.3 Å². The number of amides is 1. The fourth-order valence-corrected chi connectivity index (χ4v) is 2.50. The molecule has 19 heavy (non-hydrogen) atoms. The average Bonchev–Trinajstić information content (AvgIpc) is 3.05. The minimum atomic E-state index is -0.126. The highest BCUT2D eigenvalue weighted by Gasteiger charge is 2.29. The van der Waals surface area contributed by atoms with Gasteiger partial charge in [-0.3, -0.25) is 4.79 Å². The van der Waals surface area contributed by atoms with E-state index in [1.807, 2.05) is 0 Å². The van der Waals surface area contributed by atoms with Crippen molar-refractivity contribution in [2.24, 2.45) is 17.9 Å². The summed E-state index contributed by atoms with van der Waals surface area (Å²) in [6.45, 7) is 0.144. The van der Waals surface area contributed by atoms with Crippen LogP contribution >= 0.6 is 0 Å². The predicted octanol–water partition coefficient (Wildman–Crippen LogP) is 0.551. The van der Waals surface area contributed by atoms with E-state index in [4.69, 9.17) is 10.9 Å². The third-order valence-corrected chi connectivity index (χ3v) is 3.52. The summed E-state index contributed by atoms with van der Waals surface area (Å²) in [4.78, 5) is 18.2. The van der Waals surface area contributed by atoms with Gasteiger partial charge in [-0.25, -0.2) is 4.98 Å². The van der Waals surface area contributed by atoms with E-state index >= 15 is 0 Å². The van der Waals surface area contributed by atoms with Gasteiger partial charge in [-0.05, 0) is 12.8 Å². The maximum absolute atomic E-state index is 12.5. The van der Waals surface area contributed by atoms with Gasteiger partial charge in [-0.1, -0.05) is 18.0 Å². The van der Waals surface area contributed by atoms with Gasteiger partial charge in [-0.15, -0.1) is 0 Å². The van der Waals surface area contributed by atoms with Gasteiger partial charge in [0.15, 0.2) is 5.84 Å². The van der Waals surface area contributed by atoms with Crippen molar-refractivity contribution < 1.29 is 10.0 Å². The second-order valence-electron chi connectivity index (χ2n) is 4.85. The van der Waals surface area contributed by atoms with Crippen molar-refractivity contribution in [2.75, 3.05) is 6.54 Å². The number of oxime groups is 1. The molecule has 1 aromatic rings. The van der Waals surface area contributed by atoms with Crippen molar-refractivity contribution >= 4 is 11.7 Å². The molecule has 1 aromatic heterocycles. The number of hydrogen-bond acceptors (Lipinski definition) is 4. The summed E-state index contributed by atoms with van der Waals surface area (Å²) in [6.07, 6.45) is 7.26. The lowest BCUT2D eigenvalue weighted by atomic mass is 10.2. The van der Waals surface area contributed by atoms with Gasteiger partial charge in [0.2, 0.25) is 0 Å². The van der Waals surface area contributed by atoms with E-state index in [0.29, 0.717) is 5.69 Å². The van der Waals surface area contributed by atoms with E-state index in [2.05, 4.69) is 10.1 Å². The van der Waals surface area contributed by atoms with Crippen LogP contribution in [0.4, 0.5) is 0 Å². The Hall–Kier alpha value is -2.05. The Bertz CT molecular complexity index is 476. The minimum absolute atomic E-state index is 0.0439. The Balaban J connectivity index is 2.21. The summed E-state index contributed by atoms with van der Waals surface area (Å²) in [5.74, 6) is -0.0825. The molecule has 0 aromatic carbocycles. The highest BCUT2D eigenvalue weighted by molar-refractivity contribution is 5.95. The van der Waals surface area contributed by atoms with Crippen LogP contribution in [0.25, 0.3) is 0 Å². The van der Waals surface area contributed by atoms with Gasteiger partial charge in [0, 0.05) is 13.1 Å². The molecule has 0 aliphatic heterocycles. The van der Waals surface area contributed by atoms with Gasteiger partial charge in [-0.2, -0.15) is 0 Å². The van der Waals surface area contributed by atoms with Gasteiger partial charge < -0.3 is 20.4 Å². The molecule has 1 saturated carbocycles. The van der Waals surface area contributed by atoms with Crippen LogP contribution in [0.1, 0.15) is 36.2 Å². The molecular weight excluding hydrogens is 246 g/mol. The number of amidine groups is 1. The SMILES string of the molecule is Cn1cncc1C(=O)N(C/C(N)=N/O)C1CCCC1. The van der Waals surface area contributed by atoms with Crippen molar-refractivity contribution in [3.8, 4) is 0 Å². The number of aromatic nitrogens is 2. The normalized spacial score (nSPS) is 16.8. The number of carbonyl (C=O) groups excluding carboxylic acids is 1. The maximum atomic E-state index is 12.5. The molecule has 7 nitrogen and oxygen atoms in total. The smallest absolute Gasteiger partial charge is 0.272 e. The molecule has 1 aliphatic carbocycles. The molecule has 1 aliphatic rings. The number of carbonyl (C=O) groups is 1. The van der Waals surface area contributed by atoms with Crippen LogP contribution < -0.4 is 5.73 Å². The van der Waals surface area contributed by atoms with Crippen LogP contribution in [0.2, 0.25) is 0 Å². The van der Waals surface area contributed by atoms with Crippen molar-refractivity contribution in [1.82, 2.24) is 14.5 Å². The topological polar surface area (TPSA) is 96.7 Å². The summed E-state index contributed by atoms with van der Waals surface area (Å²) in [5.41, 5.74) is 6.07. The summed E-state index contributed by atoms with van der Waals surface area (Å²) in [5, 5.41) is 11.7. The van der Waals surface area contributed by atoms with E-state index < -0.39 is 0 Å². The van der Waals surface area contributed by atoms with Crippen LogP contribution in [-0.4, -0.2) is 44.0 Å². The molecule has 2 rings (SSSR count). The van der Waals surface area contributed by atoms with Gasteiger partial charge >= 0.3 is 0 Å². The summed E-state index contributed by atoms with van der Waals surface area (Å²) >= 11 is 0.